The monoisotopic (exact) mass is 481 g/mol. The number of ether oxygens (including phenoxy) is 1. The van der Waals surface area contributed by atoms with Crippen LogP contribution in [0.25, 0.3) is 0 Å². The van der Waals surface area contributed by atoms with Gasteiger partial charge in [0.2, 0.25) is 5.17 Å². The fourth-order valence-corrected chi connectivity index (χ4v) is 4.29. The minimum atomic E-state index is -0.893. The fourth-order valence-electron chi connectivity index (χ4n) is 3.74. The van der Waals surface area contributed by atoms with E-state index in [1.165, 1.54) is 30.0 Å². The Morgan fingerprint density at radius 1 is 1.06 bits per heavy atom. The van der Waals surface area contributed by atoms with Crippen molar-refractivity contribution in [2.45, 2.75) is 31.7 Å². The number of amidine groups is 1. The lowest BCUT2D eigenvalue weighted by Gasteiger charge is -2.37. The van der Waals surface area contributed by atoms with Crippen LogP contribution in [0.5, 0.6) is 11.5 Å². The first-order valence-corrected chi connectivity index (χ1v) is 12.3. The van der Waals surface area contributed by atoms with Crippen molar-refractivity contribution in [1.29, 1.82) is 0 Å². The highest BCUT2D eigenvalue weighted by Gasteiger charge is 2.24. The number of hydrogen-bond donors (Lipinski definition) is 0. The number of likely N-dealkylation sites (tertiary alicyclic amines) is 1. The summed E-state index contributed by atoms with van der Waals surface area (Å²) in [5.74, 6) is -1.39. The van der Waals surface area contributed by atoms with E-state index in [2.05, 4.69) is 15.0 Å². The molecule has 1 fully saturated rings. The Labute approximate surface area is 197 Å². The van der Waals surface area contributed by atoms with Gasteiger partial charge in [-0.25, -0.2) is 13.2 Å². The van der Waals surface area contributed by atoms with Crippen LogP contribution in [0.1, 0.15) is 25.7 Å². The number of benzene rings is 2. The van der Waals surface area contributed by atoms with Gasteiger partial charge in [0, 0.05) is 38.3 Å². The van der Waals surface area contributed by atoms with Crippen molar-refractivity contribution >= 4 is 16.9 Å². The Kier molecular flexibility index (Phi) is 9.75. The van der Waals surface area contributed by atoms with Crippen molar-refractivity contribution < 1.29 is 22.7 Å². The lowest BCUT2D eigenvalue weighted by Crippen LogP contribution is -2.45. The van der Waals surface area contributed by atoms with Gasteiger partial charge in [0.1, 0.15) is 11.6 Å². The van der Waals surface area contributed by atoms with E-state index in [0.717, 1.165) is 62.6 Å². The number of rotatable bonds is 9. The first kappa shape index (κ1) is 25.2. The Balaban J connectivity index is 1.35. The van der Waals surface area contributed by atoms with Crippen molar-refractivity contribution in [2.75, 3.05) is 39.5 Å². The fraction of sp³-hybridized carbons (Fsp3) is 0.458. The highest BCUT2D eigenvalue weighted by molar-refractivity contribution is 8.13. The average molecular weight is 482 g/mol. The average Bonchev–Trinajstić information content (AvgIpc) is 2.82. The van der Waals surface area contributed by atoms with Gasteiger partial charge in [0.15, 0.2) is 17.4 Å². The van der Waals surface area contributed by atoms with Crippen molar-refractivity contribution in [3.8, 4) is 11.5 Å². The molecule has 3 rings (SSSR count). The van der Waals surface area contributed by atoms with Crippen LogP contribution in [0.4, 0.5) is 13.2 Å². The first-order valence-electron chi connectivity index (χ1n) is 11.0. The van der Waals surface area contributed by atoms with Crippen LogP contribution in [0.2, 0.25) is 0 Å². The predicted octanol–water partition coefficient (Wildman–Crippen LogP) is 5.37. The highest BCUT2D eigenvalue weighted by Crippen LogP contribution is 2.20. The van der Waals surface area contributed by atoms with E-state index in [9.17, 15) is 13.2 Å². The third-order valence-electron chi connectivity index (χ3n) is 5.64. The molecule has 0 aliphatic carbocycles. The quantitative estimate of drug-likeness (QED) is 0.208. The zero-order valence-electron chi connectivity index (χ0n) is 19.0. The van der Waals surface area contributed by atoms with Crippen molar-refractivity contribution in [1.82, 2.24) is 9.80 Å². The lowest BCUT2D eigenvalue weighted by atomic mass is 10.0. The van der Waals surface area contributed by atoms with Crippen LogP contribution in [0.3, 0.4) is 0 Å². The molecule has 0 amide bonds. The summed E-state index contributed by atoms with van der Waals surface area (Å²) in [6, 6.07) is 9.89. The molecule has 5 nitrogen and oxygen atoms in total. The summed E-state index contributed by atoms with van der Waals surface area (Å²) in [7, 11) is 2.01. The Hall–Kier alpha value is -2.39. The number of piperidine rings is 1. The van der Waals surface area contributed by atoms with E-state index < -0.39 is 11.6 Å². The van der Waals surface area contributed by atoms with Crippen LogP contribution in [-0.2, 0) is 0 Å². The summed E-state index contributed by atoms with van der Waals surface area (Å²) in [4.78, 5) is 9.98. The van der Waals surface area contributed by atoms with Crippen LogP contribution in [-0.4, -0.2) is 60.6 Å². The molecular formula is C24H30F3N3O2S. The normalized spacial score (nSPS) is 15.5. The Morgan fingerprint density at radius 3 is 2.55 bits per heavy atom. The summed E-state index contributed by atoms with van der Waals surface area (Å²) < 4.78 is 45.0. The molecule has 0 spiro atoms. The molecule has 9 heteroatoms. The Bertz CT molecular complexity index is 924. The second kappa shape index (κ2) is 12.7. The molecular weight excluding hydrogens is 451 g/mol. The molecule has 0 saturated carbocycles. The van der Waals surface area contributed by atoms with Gasteiger partial charge in [-0.05, 0) is 62.7 Å². The molecule has 2 aromatic rings. The molecule has 0 radical (unpaired) electrons. The SMILES string of the molecule is CSC(=NOc1cccc(F)c1)N(C)C1CCN(CCCCOc2ccc(F)c(F)c2)CC1. The highest BCUT2D eigenvalue weighted by atomic mass is 32.2. The largest absolute Gasteiger partial charge is 0.493 e. The Morgan fingerprint density at radius 2 is 1.85 bits per heavy atom. The smallest absolute Gasteiger partial charge is 0.203 e. The number of thioether (sulfide) groups is 1. The standard InChI is InChI=1S/C24H30F3N3O2S/c1-29(24(33-2)28-32-21-7-5-6-18(25)16-21)19-10-13-30(14-11-19)12-3-4-15-31-20-8-9-22(26)23(27)17-20/h5-9,16-17,19H,3-4,10-15H2,1-2H3. The molecule has 1 aliphatic rings. The van der Waals surface area contributed by atoms with Crippen LogP contribution in [0.15, 0.2) is 47.6 Å². The molecule has 1 aliphatic heterocycles. The van der Waals surface area contributed by atoms with E-state index >= 15 is 0 Å². The van der Waals surface area contributed by atoms with Crippen molar-refractivity contribution in [3.63, 3.8) is 0 Å². The van der Waals surface area contributed by atoms with Gasteiger partial charge in [0.25, 0.3) is 0 Å². The zero-order chi connectivity index (χ0) is 23.6. The van der Waals surface area contributed by atoms with E-state index in [4.69, 9.17) is 9.57 Å². The van der Waals surface area contributed by atoms with Crippen LogP contribution >= 0.6 is 11.8 Å². The third-order valence-corrected chi connectivity index (χ3v) is 6.37. The summed E-state index contributed by atoms with van der Waals surface area (Å²) in [5.41, 5.74) is 0. The maximum atomic E-state index is 13.3. The lowest BCUT2D eigenvalue weighted by molar-refractivity contribution is 0.160. The van der Waals surface area contributed by atoms with Gasteiger partial charge in [-0.2, -0.15) is 0 Å². The predicted molar refractivity (Wildman–Crippen MR) is 126 cm³/mol. The van der Waals surface area contributed by atoms with Gasteiger partial charge in [-0.1, -0.05) is 23.0 Å². The number of unbranched alkanes of at least 4 members (excludes halogenated alkanes) is 1. The van der Waals surface area contributed by atoms with E-state index in [-0.39, 0.29) is 5.82 Å². The van der Waals surface area contributed by atoms with E-state index in [0.29, 0.717) is 24.1 Å². The molecule has 0 N–H and O–H groups in total. The molecule has 0 aromatic heterocycles. The number of nitrogens with zero attached hydrogens (tertiary/aromatic N) is 3. The summed E-state index contributed by atoms with van der Waals surface area (Å²) in [6.45, 7) is 3.43. The van der Waals surface area contributed by atoms with Crippen LogP contribution < -0.4 is 9.57 Å². The van der Waals surface area contributed by atoms with E-state index in [1.807, 2.05) is 13.3 Å². The molecule has 0 unspecified atom stereocenters. The maximum absolute atomic E-state index is 13.3. The minimum absolute atomic E-state index is 0.352. The van der Waals surface area contributed by atoms with Gasteiger partial charge in [-0.15, -0.1) is 0 Å². The topological polar surface area (TPSA) is 37.3 Å². The van der Waals surface area contributed by atoms with Crippen LogP contribution in [0, 0.1) is 17.5 Å². The summed E-state index contributed by atoms with van der Waals surface area (Å²) >= 11 is 1.50. The van der Waals surface area contributed by atoms with Crippen molar-refractivity contribution in [2.24, 2.45) is 5.16 Å². The van der Waals surface area contributed by atoms with Gasteiger partial charge >= 0.3 is 0 Å². The molecule has 1 heterocycles. The number of halogens is 3. The van der Waals surface area contributed by atoms with Gasteiger partial charge in [-0.3, -0.25) is 0 Å². The molecule has 0 bridgehead atoms. The van der Waals surface area contributed by atoms with Gasteiger partial charge < -0.3 is 19.4 Å². The summed E-state index contributed by atoms with van der Waals surface area (Å²) in [6.07, 6.45) is 5.80. The second-order valence-corrected chi connectivity index (χ2v) is 8.72. The van der Waals surface area contributed by atoms with Gasteiger partial charge in [0.05, 0.1) is 6.61 Å². The second-order valence-electron chi connectivity index (χ2n) is 7.94. The zero-order valence-corrected chi connectivity index (χ0v) is 19.8. The minimum Gasteiger partial charge on any atom is -0.493 e. The first-order chi connectivity index (χ1) is 16.0. The molecule has 0 atom stereocenters. The molecule has 33 heavy (non-hydrogen) atoms. The number of hydrogen-bond acceptors (Lipinski definition) is 5. The summed E-state index contributed by atoms with van der Waals surface area (Å²) in [5, 5.41) is 4.98. The molecule has 1 saturated heterocycles. The van der Waals surface area contributed by atoms with Crippen molar-refractivity contribution in [3.05, 3.63) is 59.9 Å². The van der Waals surface area contributed by atoms with E-state index in [1.54, 1.807) is 12.1 Å². The molecule has 2 aromatic carbocycles. The maximum Gasteiger partial charge on any atom is 0.203 e. The third kappa shape index (κ3) is 7.85. The molecule has 180 valence electrons. The number of oxime groups is 1.